The summed E-state index contributed by atoms with van der Waals surface area (Å²) in [5.74, 6) is 0. The van der Waals surface area contributed by atoms with Gasteiger partial charge in [0.05, 0.1) is 22.8 Å². The normalized spacial score (nSPS) is 16.5. The lowest BCUT2D eigenvalue weighted by molar-refractivity contribution is -0.385. The molecular weight excluding hydrogens is 184 g/mol. The minimum Gasteiger partial charge on any atom is -0.389 e. The van der Waals surface area contributed by atoms with Gasteiger partial charge in [0.2, 0.25) is 0 Å². The third-order valence-corrected chi connectivity index (χ3v) is 2.16. The van der Waals surface area contributed by atoms with E-state index in [1.54, 1.807) is 12.1 Å². The van der Waals surface area contributed by atoms with E-state index in [1.807, 2.05) is 4.90 Å². The molecule has 0 aliphatic carbocycles. The van der Waals surface area contributed by atoms with Gasteiger partial charge in [0.1, 0.15) is 0 Å². The molecular formula is C9H9N2O3. The van der Waals surface area contributed by atoms with Gasteiger partial charge >= 0.3 is 0 Å². The first kappa shape index (κ1) is 8.96. The molecule has 1 aromatic rings. The Morgan fingerprint density at radius 2 is 2.29 bits per heavy atom. The lowest BCUT2D eigenvalue weighted by atomic mass is 10.1. The van der Waals surface area contributed by atoms with E-state index in [0.29, 0.717) is 18.8 Å². The standard InChI is InChI=1S/C9H9N2O3/c12-9-5-10(6-9)7-2-1-3-8(4-7)11(13)14/h1-3,9,12H,5-6H2. The number of nitro benzene ring substituents is 1. The fourth-order valence-electron chi connectivity index (χ4n) is 1.39. The number of aliphatic hydroxyl groups excluding tert-OH is 1. The maximum absolute atomic E-state index is 10.5. The zero-order chi connectivity index (χ0) is 10.1. The van der Waals surface area contributed by atoms with E-state index in [9.17, 15) is 10.1 Å². The van der Waals surface area contributed by atoms with Crippen molar-refractivity contribution < 1.29 is 10.0 Å². The minimum absolute atomic E-state index is 0.0381. The van der Waals surface area contributed by atoms with Crippen molar-refractivity contribution in [2.24, 2.45) is 0 Å². The average molecular weight is 193 g/mol. The van der Waals surface area contributed by atoms with Crippen LogP contribution in [0.1, 0.15) is 0 Å². The number of rotatable bonds is 2. The number of aliphatic hydroxyl groups is 1. The first-order valence-corrected chi connectivity index (χ1v) is 4.26. The molecule has 1 N–H and O–H groups in total. The van der Waals surface area contributed by atoms with Crippen LogP contribution in [0.2, 0.25) is 0 Å². The van der Waals surface area contributed by atoms with Crippen LogP contribution in [0.15, 0.2) is 18.2 Å². The van der Waals surface area contributed by atoms with Crippen LogP contribution in [0.5, 0.6) is 0 Å². The number of nitrogens with zero attached hydrogens (tertiary/aromatic N) is 2. The van der Waals surface area contributed by atoms with Gasteiger partial charge in [0.15, 0.2) is 0 Å². The van der Waals surface area contributed by atoms with Gasteiger partial charge in [-0.1, -0.05) is 6.07 Å². The summed E-state index contributed by atoms with van der Waals surface area (Å²) in [5, 5.41) is 19.5. The number of anilines is 1. The highest BCUT2D eigenvalue weighted by Crippen LogP contribution is 2.23. The molecule has 0 bridgehead atoms. The van der Waals surface area contributed by atoms with Crippen molar-refractivity contribution in [2.45, 2.75) is 6.10 Å². The Labute approximate surface area is 80.7 Å². The Hall–Kier alpha value is -1.62. The van der Waals surface area contributed by atoms with Gasteiger partial charge in [-0.3, -0.25) is 10.1 Å². The third-order valence-electron chi connectivity index (χ3n) is 2.16. The molecule has 1 aliphatic heterocycles. The Morgan fingerprint density at radius 1 is 1.57 bits per heavy atom. The molecule has 1 aromatic carbocycles. The Bertz CT molecular complexity index is 361. The number of hydrogen-bond donors (Lipinski definition) is 1. The number of benzene rings is 1. The average Bonchev–Trinajstić information content (AvgIpc) is 2.13. The van der Waals surface area contributed by atoms with Crippen LogP contribution in [-0.4, -0.2) is 29.2 Å². The molecule has 5 nitrogen and oxygen atoms in total. The molecule has 2 rings (SSSR count). The second kappa shape index (κ2) is 3.26. The minimum atomic E-state index is -0.473. The first-order chi connectivity index (χ1) is 6.66. The van der Waals surface area contributed by atoms with Crippen LogP contribution in [0.3, 0.4) is 0 Å². The zero-order valence-corrected chi connectivity index (χ0v) is 7.38. The number of non-ortho nitro benzene ring substituents is 1. The van der Waals surface area contributed by atoms with Gasteiger partial charge in [-0.05, 0) is 6.07 Å². The molecule has 1 aliphatic rings. The van der Waals surface area contributed by atoms with Crippen molar-refractivity contribution >= 4 is 11.4 Å². The van der Waals surface area contributed by atoms with Crippen LogP contribution >= 0.6 is 0 Å². The van der Waals surface area contributed by atoms with E-state index in [0.717, 1.165) is 0 Å². The van der Waals surface area contributed by atoms with Gasteiger partial charge in [-0.2, -0.15) is 0 Å². The van der Waals surface area contributed by atoms with Gasteiger partial charge in [0, 0.05) is 19.2 Å². The molecule has 0 saturated carbocycles. The van der Waals surface area contributed by atoms with Crippen molar-refractivity contribution in [1.82, 2.24) is 0 Å². The van der Waals surface area contributed by atoms with Crippen molar-refractivity contribution in [3.8, 4) is 0 Å². The highest BCUT2D eigenvalue weighted by atomic mass is 16.6. The summed E-state index contributed by atoms with van der Waals surface area (Å²) in [6.45, 7) is 1.05. The lowest BCUT2D eigenvalue weighted by Gasteiger charge is -2.37. The predicted octanol–water partition coefficient (Wildman–Crippen LogP) is 0.576. The Morgan fingerprint density at radius 3 is 2.86 bits per heavy atom. The zero-order valence-electron chi connectivity index (χ0n) is 7.38. The molecule has 0 amide bonds. The first-order valence-electron chi connectivity index (χ1n) is 4.26. The molecule has 0 atom stereocenters. The fraction of sp³-hybridized carbons (Fsp3) is 0.333. The molecule has 0 spiro atoms. The summed E-state index contributed by atoms with van der Waals surface area (Å²) in [7, 11) is 0. The highest BCUT2D eigenvalue weighted by Gasteiger charge is 2.25. The molecule has 5 heteroatoms. The van der Waals surface area contributed by atoms with Crippen molar-refractivity contribution in [2.75, 3.05) is 18.0 Å². The molecule has 73 valence electrons. The molecule has 1 heterocycles. The second-order valence-corrected chi connectivity index (χ2v) is 3.24. The van der Waals surface area contributed by atoms with E-state index in [2.05, 4.69) is 6.07 Å². The summed E-state index contributed by atoms with van der Waals surface area (Å²) < 4.78 is 0. The van der Waals surface area contributed by atoms with Crippen molar-refractivity contribution in [3.05, 3.63) is 34.4 Å². The molecule has 0 unspecified atom stereocenters. The van der Waals surface area contributed by atoms with Crippen LogP contribution in [-0.2, 0) is 0 Å². The largest absolute Gasteiger partial charge is 0.389 e. The van der Waals surface area contributed by atoms with E-state index in [1.165, 1.54) is 6.07 Å². The van der Waals surface area contributed by atoms with Gasteiger partial charge < -0.3 is 10.0 Å². The van der Waals surface area contributed by atoms with Crippen LogP contribution in [0.25, 0.3) is 0 Å². The summed E-state index contributed by atoms with van der Waals surface area (Å²) in [6.07, 6.45) is -0.317. The van der Waals surface area contributed by atoms with E-state index in [4.69, 9.17) is 5.11 Å². The Balaban J connectivity index is 2.18. The summed E-state index contributed by atoms with van der Waals surface area (Å²) in [6, 6.07) is 7.45. The smallest absolute Gasteiger partial charge is 0.279 e. The lowest BCUT2D eigenvalue weighted by Crippen LogP contribution is -2.50. The summed E-state index contributed by atoms with van der Waals surface area (Å²) >= 11 is 0. The molecule has 1 saturated heterocycles. The number of nitro groups is 1. The summed E-state index contributed by atoms with van der Waals surface area (Å²) in [4.78, 5) is 11.8. The summed E-state index contributed by atoms with van der Waals surface area (Å²) in [5.41, 5.74) is 0.633. The van der Waals surface area contributed by atoms with Crippen molar-refractivity contribution in [1.29, 1.82) is 0 Å². The topological polar surface area (TPSA) is 66.6 Å². The van der Waals surface area contributed by atoms with Crippen LogP contribution in [0.4, 0.5) is 11.4 Å². The van der Waals surface area contributed by atoms with Crippen molar-refractivity contribution in [3.63, 3.8) is 0 Å². The maximum atomic E-state index is 10.5. The number of β-amino-alcohol motifs (C(OH)–C–C–N with tert-alkyl or cyclic N) is 1. The predicted molar refractivity (Wildman–Crippen MR) is 50.2 cm³/mol. The molecule has 14 heavy (non-hydrogen) atoms. The molecule has 1 fully saturated rings. The SMILES string of the molecule is O=[N+]([O-])c1[c]c(N2CC(O)C2)ccc1. The number of hydrogen-bond acceptors (Lipinski definition) is 4. The maximum Gasteiger partial charge on any atom is 0.279 e. The molecule has 0 aromatic heterocycles. The fourth-order valence-corrected chi connectivity index (χ4v) is 1.39. The van der Waals surface area contributed by atoms with E-state index in [-0.39, 0.29) is 11.8 Å². The van der Waals surface area contributed by atoms with Gasteiger partial charge in [-0.25, -0.2) is 0 Å². The quantitative estimate of drug-likeness (QED) is 0.551. The van der Waals surface area contributed by atoms with E-state index >= 15 is 0 Å². The Kier molecular flexibility index (Phi) is 2.09. The van der Waals surface area contributed by atoms with Gasteiger partial charge in [0.25, 0.3) is 5.69 Å². The van der Waals surface area contributed by atoms with Gasteiger partial charge in [-0.15, -0.1) is 0 Å². The third kappa shape index (κ3) is 1.54. The monoisotopic (exact) mass is 193 g/mol. The second-order valence-electron chi connectivity index (χ2n) is 3.24. The van der Waals surface area contributed by atoms with Crippen LogP contribution < -0.4 is 4.90 Å². The highest BCUT2D eigenvalue weighted by molar-refractivity contribution is 5.53. The molecule has 1 radical (unpaired) electrons. The van der Waals surface area contributed by atoms with E-state index < -0.39 is 4.92 Å². The van der Waals surface area contributed by atoms with Crippen LogP contribution in [0, 0.1) is 16.2 Å².